The summed E-state index contributed by atoms with van der Waals surface area (Å²) in [5, 5.41) is 11.1. The summed E-state index contributed by atoms with van der Waals surface area (Å²) in [5.41, 5.74) is 1.85. The van der Waals surface area contributed by atoms with Gasteiger partial charge in [-0.25, -0.2) is 9.67 Å². The van der Waals surface area contributed by atoms with E-state index < -0.39 is 4.92 Å². The van der Waals surface area contributed by atoms with Gasteiger partial charge in [-0.3, -0.25) is 19.9 Å². The first kappa shape index (κ1) is 17.6. The Morgan fingerprint density at radius 1 is 1.11 bits per heavy atom. The minimum atomic E-state index is -0.492. The summed E-state index contributed by atoms with van der Waals surface area (Å²) in [4.78, 5) is 31.5. The van der Waals surface area contributed by atoms with E-state index in [0.717, 1.165) is 5.56 Å². The Morgan fingerprint density at radius 2 is 1.89 bits per heavy atom. The van der Waals surface area contributed by atoms with Crippen molar-refractivity contribution in [2.45, 2.75) is 0 Å². The van der Waals surface area contributed by atoms with Crippen LogP contribution in [0.2, 0.25) is 5.15 Å². The van der Waals surface area contributed by atoms with Crippen molar-refractivity contribution in [2.24, 2.45) is 0 Å². The van der Waals surface area contributed by atoms with Gasteiger partial charge in [0.2, 0.25) is 0 Å². The first-order valence-electron chi connectivity index (χ1n) is 8.17. The molecule has 0 bridgehead atoms. The lowest BCUT2D eigenvalue weighted by atomic mass is 10.2. The second kappa shape index (κ2) is 7.09. The number of rotatable bonds is 4. The fraction of sp³-hybridized carbons (Fsp3) is 0. The van der Waals surface area contributed by atoms with E-state index in [1.807, 2.05) is 12.1 Å². The van der Waals surface area contributed by atoms with E-state index in [1.54, 1.807) is 30.6 Å². The molecular formula is C19H12ClN5O3. The Morgan fingerprint density at radius 3 is 2.57 bits per heavy atom. The zero-order valence-electron chi connectivity index (χ0n) is 14.3. The molecule has 0 saturated heterocycles. The number of hydrogen-bond donors (Lipinski definition) is 0. The van der Waals surface area contributed by atoms with Crippen LogP contribution in [-0.4, -0.2) is 24.1 Å². The van der Waals surface area contributed by atoms with E-state index >= 15 is 0 Å². The van der Waals surface area contributed by atoms with Crippen LogP contribution >= 0.6 is 11.6 Å². The van der Waals surface area contributed by atoms with Crippen LogP contribution in [0, 0.1) is 10.1 Å². The molecule has 0 aliphatic carbocycles. The average molecular weight is 394 g/mol. The molecular weight excluding hydrogens is 382 g/mol. The van der Waals surface area contributed by atoms with Gasteiger partial charge in [-0.2, -0.15) is 4.52 Å². The predicted molar refractivity (Wildman–Crippen MR) is 106 cm³/mol. The van der Waals surface area contributed by atoms with Gasteiger partial charge in [-0.15, -0.1) is 0 Å². The molecule has 0 saturated carbocycles. The normalized spacial score (nSPS) is 11.3. The van der Waals surface area contributed by atoms with Crippen molar-refractivity contribution in [2.75, 3.05) is 0 Å². The fourth-order valence-electron chi connectivity index (χ4n) is 2.77. The molecule has 3 aromatic heterocycles. The van der Waals surface area contributed by atoms with Crippen LogP contribution in [0.3, 0.4) is 0 Å². The molecule has 4 rings (SSSR count). The molecule has 0 aliphatic rings. The molecule has 0 amide bonds. The van der Waals surface area contributed by atoms with E-state index in [9.17, 15) is 14.9 Å². The van der Waals surface area contributed by atoms with E-state index in [0.29, 0.717) is 17.0 Å². The Balaban J connectivity index is 1.78. The number of non-ortho nitro benzene ring substituents is 1. The summed E-state index contributed by atoms with van der Waals surface area (Å²) in [6.07, 6.45) is 6.90. The molecule has 0 spiro atoms. The van der Waals surface area contributed by atoms with Crippen molar-refractivity contribution >= 4 is 35.1 Å². The van der Waals surface area contributed by atoms with E-state index in [4.69, 9.17) is 11.6 Å². The van der Waals surface area contributed by atoms with Gasteiger partial charge in [0.05, 0.1) is 16.3 Å². The zero-order chi connectivity index (χ0) is 19.7. The van der Waals surface area contributed by atoms with Gasteiger partial charge >= 0.3 is 0 Å². The number of hydrogen-bond acceptors (Lipinski definition) is 5. The topological polar surface area (TPSA) is 95.3 Å². The largest absolute Gasteiger partial charge is 0.273 e. The number of halogens is 1. The van der Waals surface area contributed by atoms with Crippen molar-refractivity contribution in [3.63, 3.8) is 0 Å². The van der Waals surface area contributed by atoms with E-state index in [-0.39, 0.29) is 16.4 Å². The van der Waals surface area contributed by atoms with Gasteiger partial charge in [0, 0.05) is 36.7 Å². The molecule has 0 unspecified atom stereocenters. The van der Waals surface area contributed by atoms with Crippen LogP contribution in [0.1, 0.15) is 11.3 Å². The summed E-state index contributed by atoms with van der Waals surface area (Å²) >= 11 is 6.30. The summed E-state index contributed by atoms with van der Waals surface area (Å²) in [6.45, 7) is 0. The number of pyridine rings is 1. The molecule has 0 atom stereocenters. The second-order valence-corrected chi connectivity index (χ2v) is 6.25. The third kappa shape index (κ3) is 3.28. The molecule has 28 heavy (non-hydrogen) atoms. The molecule has 0 N–H and O–H groups in total. The quantitative estimate of drug-likeness (QED) is 0.390. The first-order chi connectivity index (χ1) is 13.5. The van der Waals surface area contributed by atoms with Crippen LogP contribution < -0.4 is 5.56 Å². The van der Waals surface area contributed by atoms with E-state index in [2.05, 4.69) is 9.97 Å². The van der Waals surface area contributed by atoms with E-state index in [1.165, 1.54) is 39.5 Å². The highest BCUT2D eigenvalue weighted by molar-refractivity contribution is 6.30. The molecule has 9 heteroatoms. The molecule has 4 aromatic rings. The summed E-state index contributed by atoms with van der Waals surface area (Å²) in [5.74, 6) is 0. The van der Waals surface area contributed by atoms with Gasteiger partial charge in [-0.1, -0.05) is 23.7 Å². The number of nitro groups is 1. The Labute approximate surface area is 163 Å². The lowest BCUT2D eigenvalue weighted by Gasteiger charge is -2.07. The second-order valence-electron chi connectivity index (χ2n) is 5.86. The van der Waals surface area contributed by atoms with Crippen molar-refractivity contribution in [3.05, 3.63) is 97.8 Å². The van der Waals surface area contributed by atoms with Crippen LogP contribution in [-0.2, 0) is 0 Å². The molecule has 138 valence electrons. The van der Waals surface area contributed by atoms with Gasteiger partial charge < -0.3 is 0 Å². The minimum Gasteiger partial charge on any atom is -0.267 e. The van der Waals surface area contributed by atoms with Gasteiger partial charge in [0.15, 0.2) is 5.65 Å². The zero-order valence-corrected chi connectivity index (χ0v) is 15.0. The van der Waals surface area contributed by atoms with Crippen molar-refractivity contribution in [1.29, 1.82) is 0 Å². The highest BCUT2D eigenvalue weighted by Crippen LogP contribution is 2.21. The number of fused-ring (bicyclic) bond motifs is 1. The monoisotopic (exact) mass is 393 g/mol. The third-order valence-corrected chi connectivity index (χ3v) is 4.30. The standard InChI is InChI=1S/C19H12ClN5O3/c20-17-11-18-22-14(4-3-13-2-1-9-21-12-13)10-19(26)24(18)23(17)15-5-7-16(8-6-15)25(27)28/h1-12H/b4-3+. The maximum Gasteiger partial charge on any atom is 0.273 e. The highest BCUT2D eigenvalue weighted by Gasteiger charge is 2.13. The molecule has 1 aromatic carbocycles. The number of benzene rings is 1. The van der Waals surface area contributed by atoms with Gasteiger partial charge in [-0.05, 0) is 29.8 Å². The fourth-order valence-corrected chi connectivity index (χ4v) is 3.04. The maximum absolute atomic E-state index is 12.7. The SMILES string of the molecule is O=c1cc(/C=C/c2cccnc2)nc2cc(Cl)n(-c3ccc([N+](=O)[O-])cc3)n12. The van der Waals surface area contributed by atoms with Gasteiger partial charge in [0.1, 0.15) is 5.15 Å². The van der Waals surface area contributed by atoms with Crippen molar-refractivity contribution < 1.29 is 4.92 Å². The molecule has 8 nitrogen and oxygen atoms in total. The summed E-state index contributed by atoms with van der Waals surface area (Å²) < 4.78 is 2.76. The van der Waals surface area contributed by atoms with Crippen LogP contribution in [0.5, 0.6) is 0 Å². The molecule has 0 radical (unpaired) electrons. The number of nitrogens with zero attached hydrogens (tertiary/aromatic N) is 5. The Kier molecular flexibility index (Phi) is 4.46. The summed E-state index contributed by atoms with van der Waals surface area (Å²) in [6, 6.07) is 12.4. The third-order valence-electron chi connectivity index (χ3n) is 4.03. The van der Waals surface area contributed by atoms with Gasteiger partial charge in [0.25, 0.3) is 11.2 Å². The number of aromatic nitrogens is 4. The Bertz CT molecular complexity index is 1260. The van der Waals surface area contributed by atoms with Crippen molar-refractivity contribution in [3.8, 4) is 5.69 Å². The molecule has 3 heterocycles. The molecule has 0 fully saturated rings. The van der Waals surface area contributed by atoms with Crippen LogP contribution in [0.15, 0.2) is 65.7 Å². The Hall–Kier alpha value is -3.78. The van der Waals surface area contributed by atoms with Crippen LogP contribution in [0.25, 0.3) is 23.5 Å². The smallest absolute Gasteiger partial charge is 0.267 e. The maximum atomic E-state index is 12.7. The van der Waals surface area contributed by atoms with Crippen molar-refractivity contribution in [1.82, 2.24) is 19.2 Å². The lowest BCUT2D eigenvalue weighted by molar-refractivity contribution is -0.384. The minimum absolute atomic E-state index is 0.0513. The average Bonchev–Trinajstić information content (AvgIpc) is 3.03. The summed E-state index contributed by atoms with van der Waals surface area (Å²) in [7, 11) is 0. The molecule has 0 aliphatic heterocycles. The predicted octanol–water partition coefficient (Wildman–Crippen LogP) is 3.61. The van der Waals surface area contributed by atoms with Crippen LogP contribution in [0.4, 0.5) is 5.69 Å². The number of nitro benzene ring substituents is 1. The first-order valence-corrected chi connectivity index (χ1v) is 8.55. The lowest BCUT2D eigenvalue weighted by Crippen LogP contribution is -2.20. The highest BCUT2D eigenvalue weighted by atomic mass is 35.5.